The van der Waals surface area contributed by atoms with Crippen LogP contribution in [-0.2, 0) is 21.2 Å². The van der Waals surface area contributed by atoms with Crippen molar-refractivity contribution in [3.8, 4) is 0 Å². The highest BCUT2D eigenvalue weighted by atomic mass is 35.5. The van der Waals surface area contributed by atoms with Crippen molar-refractivity contribution < 1.29 is 26.4 Å². The van der Waals surface area contributed by atoms with E-state index in [1.807, 2.05) is 0 Å². The minimum absolute atomic E-state index is 0.00812. The molecular formula is C26H30Cl2F3N5O3S. The molecule has 0 aromatic heterocycles. The monoisotopic (exact) mass is 619 g/mol. The van der Waals surface area contributed by atoms with Gasteiger partial charge in [-0.1, -0.05) is 41.4 Å². The third kappa shape index (κ3) is 8.12. The normalized spacial score (nSPS) is 15.5. The second-order valence-corrected chi connectivity index (χ2v) is 11.8. The van der Waals surface area contributed by atoms with Crippen LogP contribution in [0.2, 0.25) is 10.0 Å². The Labute approximate surface area is 241 Å². The molecule has 0 saturated carbocycles. The summed E-state index contributed by atoms with van der Waals surface area (Å²) in [5.74, 6) is -0.216. The molecule has 2 aromatic rings. The van der Waals surface area contributed by atoms with Crippen LogP contribution in [0.25, 0.3) is 0 Å². The minimum atomic E-state index is -5.17. The lowest BCUT2D eigenvalue weighted by molar-refractivity contribution is -0.131. The number of allylic oxidation sites excluding steroid dienone is 1. The van der Waals surface area contributed by atoms with E-state index in [1.165, 1.54) is 19.2 Å². The molecule has 0 bridgehead atoms. The molecule has 0 radical (unpaired) electrons. The second kappa shape index (κ2) is 13.2. The van der Waals surface area contributed by atoms with Crippen LogP contribution in [-0.4, -0.2) is 69.7 Å². The number of hydrogen-bond donors (Lipinski definition) is 3. The van der Waals surface area contributed by atoms with Crippen molar-refractivity contribution in [1.82, 2.24) is 15.1 Å². The van der Waals surface area contributed by atoms with Gasteiger partial charge >= 0.3 is 6.18 Å². The lowest BCUT2D eigenvalue weighted by Gasteiger charge is -2.32. The third-order valence-electron chi connectivity index (χ3n) is 6.45. The van der Waals surface area contributed by atoms with E-state index >= 15 is 0 Å². The summed E-state index contributed by atoms with van der Waals surface area (Å²) in [5.41, 5.74) is -0.762. The van der Waals surface area contributed by atoms with Crippen LogP contribution in [0.5, 0.6) is 0 Å². The maximum atomic E-state index is 13.3. The zero-order chi connectivity index (χ0) is 29.7. The van der Waals surface area contributed by atoms with Gasteiger partial charge in [0.15, 0.2) is 5.71 Å². The van der Waals surface area contributed by atoms with Gasteiger partial charge in [-0.05, 0) is 61.3 Å². The number of likely N-dealkylation sites (tertiary alicyclic amines) is 1. The van der Waals surface area contributed by atoms with E-state index in [1.54, 1.807) is 42.3 Å². The van der Waals surface area contributed by atoms with Crippen LogP contribution < -0.4 is 10.0 Å². The SMILES string of the molecule is CN/C=C(\C(=N)C(F)(F)F)S(=O)(=O)Nc1cccc([C@@H](CN2CCCC2)N(C)C(=O)Cc2ccc(Cl)c(Cl)c2)c1. The lowest BCUT2D eigenvalue weighted by Crippen LogP contribution is -2.39. The summed E-state index contributed by atoms with van der Waals surface area (Å²) in [4.78, 5) is 15.8. The van der Waals surface area contributed by atoms with Crippen molar-refractivity contribution in [2.24, 2.45) is 0 Å². The highest BCUT2D eigenvalue weighted by Crippen LogP contribution is 2.29. The Morgan fingerprint density at radius 3 is 2.42 bits per heavy atom. The van der Waals surface area contributed by atoms with Crippen molar-refractivity contribution in [2.45, 2.75) is 31.5 Å². The number of nitrogens with zero attached hydrogens (tertiary/aromatic N) is 2. The molecule has 8 nitrogen and oxygen atoms in total. The van der Waals surface area contributed by atoms with Gasteiger partial charge in [-0.25, -0.2) is 8.42 Å². The Bertz CT molecular complexity index is 1380. The van der Waals surface area contributed by atoms with E-state index in [4.69, 9.17) is 28.6 Å². The van der Waals surface area contributed by atoms with Gasteiger partial charge in [0.25, 0.3) is 10.0 Å². The standard InChI is InChI=1S/C26H30Cl2F3N5O3S/c1-33-15-23(25(32)26(29,30)31)40(38,39)34-19-7-5-6-18(14-19)22(16-36-10-3-4-11-36)35(2)24(37)13-17-8-9-20(27)21(28)12-17/h5-9,12,14-15,22,32-34H,3-4,10-11,13,16H2,1-2H3/b23-15+,32-25?/t22-/m1/s1. The smallest absolute Gasteiger partial charge is 0.393 e. The van der Waals surface area contributed by atoms with Crippen LogP contribution in [0, 0.1) is 5.41 Å². The first-order chi connectivity index (χ1) is 18.7. The first-order valence-electron chi connectivity index (χ1n) is 12.3. The maximum Gasteiger partial charge on any atom is 0.434 e. The van der Waals surface area contributed by atoms with Crippen molar-refractivity contribution in [3.05, 3.63) is 74.7 Å². The molecule has 1 saturated heterocycles. The molecule has 218 valence electrons. The Morgan fingerprint density at radius 2 is 1.82 bits per heavy atom. The van der Waals surface area contributed by atoms with E-state index < -0.39 is 32.9 Å². The topological polar surface area (TPSA) is 106 Å². The van der Waals surface area contributed by atoms with Gasteiger partial charge in [0.05, 0.1) is 22.5 Å². The number of rotatable bonds is 11. The molecule has 1 aliphatic rings. The van der Waals surface area contributed by atoms with Crippen LogP contribution in [0.3, 0.4) is 0 Å². The molecule has 14 heteroatoms. The molecule has 1 heterocycles. The van der Waals surface area contributed by atoms with E-state index in [9.17, 15) is 26.4 Å². The zero-order valence-corrected chi connectivity index (χ0v) is 24.2. The number of anilines is 1. The van der Waals surface area contributed by atoms with Gasteiger partial charge in [-0.15, -0.1) is 0 Å². The molecule has 0 spiro atoms. The molecular weight excluding hydrogens is 590 g/mol. The molecule has 40 heavy (non-hydrogen) atoms. The largest absolute Gasteiger partial charge is 0.434 e. The average Bonchev–Trinajstić information content (AvgIpc) is 3.40. The number of carbonyl (C=O) groups excluding carboxylic acids is 1. The maximum absolute atomic E-state index is 13.3. The highest BCUT2D eigenvalue weighted by molar-refractivity contribution is 7.97. The van der Waals surface area contributed by atoms with Gasteiger partial charge < -0.3 is 15.1 Å². The van der Waals surface area contributed by atoms with E-state index in [0.717, 1.165) is 25.9 Å². The number of carbonyl (C=O) groups is 1. The summed E-state index contributed by atoms with van der Waals surface area (Å²) in [6, 6.07) is 10.6. The fraction of sp³-hybridized carbons (Fsp3) is 0.385. The number of alkyl halides is 3. The quantitative estimate of drug-likeness (QED) is 0.299. The summed E-state index contributed by atoms with van der Waals surface area (Å²) in [7, 11) is -1.90. The Balaban J connectivity index is 1.90. The molecule has 1 aliphatic heterocycles. The lowest BCUT2D eigenvalue weighted by atomic mass is 10.0. The molecule has 3 N–H and O–H groups in total. The molecule has 1 amide bonds. The first kappa shape index (κ1) is 31.7. The number of hydrogen-bond acceptors (Lipinski definition) is 6. The summed E-state index contributed by atoms with van der Waals surface area (Å²) in [6.07, 6.45) is -2.49. The van der Waals surface area contributed by atoms with E-state index in [0.29, 0.717) is 33.9 Å². The fourth-order valence-corrected chi connectivity index (χ4v) is 5.88. The summed E-state index contributed by atoms with van der Waals surface area (Å²) in [6.45, 7) is 2.16. The zero-order valence-electron chi connectivity index (χ0n) is 21.9. The molecule has 1 atom stereocenters. The van der Waals surface area contributed by atoms with Crippen molar-refractivity contribution >= 4 is 50.5 Å². The van der Waals surface area contributed by atoms with Crippen LogP contribution in [0.1, 0.15) is 30.0 Å². The van der Waals surface area contributed by atoms with Gasteiger partial charge in [0, 0.05) is 32.5 Å². The van der Waals surface area contributed by atoms with E-state index in [2.05, 4.69) is 14.9 Å². The van der Waals surface area contributed by atoms with Crippen LogP contribution in [0.15, 0.2) is 53.6 Å². The summed E-state index contributed by atoms with van der Waals surface area (Å²) < 4.78 is 67.4. The minimum Gasteiger partial charge on any atom is -0.393 e. The second-order valence-electron chi connectivity index (χ2n) is 9.35. The Morgan fingerprint density at radius 1 is 1.15 bits per heavy atom. The number of benzene rings is 2. The predicted octanol–water partition coefficient (Wildman–Crippen LogP) is 5.22. The number of likely N-dealkylation sites (N-methyl/N-ethyl adjacent to an activating group) is 1. The van der Waals surface area contributed by atoms with Crippen LogP contribution >= 0.6 is 23.2 Å². The average molecular weight is 621 g/mol. The Hall–Kier alpha value is -2.80. The van der Waals surface area contributed by atoms with Gasteiger partial charge in [-0.3, -0.25) is 14.9 Å². The molecule has 0 unspecified atom stereocenters. The number of halogens is 5. The van der Waals surface area contributed by atoms with E-state index in [-0.39, 0.29) is 18.0 Å². The molecule has 3 rings (SSSR count). The summed E-state index contributed by atoms with van der Waals surface area (Å²) in [5, 5.41) is 10.3. The van der Waals surface area contributed by atoms with Crippen molar-refractivity contribution in [2.75, 3.05) is 38.5 Å². The van der Waals surface area contributed by atoms with Gasteiger partial charge in [0.2, 0.25) is 5.91 Å². The van der Waals surface area contributed by atoms with Crippen molar-refractivity contribution in [3.63, 3.8) is 0 Å². The Kier molecular flexibility index (Phi) is 10.5. The molecule has 2 aromatic carbocycles. The highest BCUT2D eigenvalue weighted by Gasteiger charge is 2.41. The van der Waals surface area contributed by atoms with Crippen molar-refractivity contribution in [1.29, 1.82) is 5.41 Å². The van der Waals surface area contributed by atoms with Gasteiger partial charge in [0.1, 0.15) is 4.91 Å². The molecule has 0 aliphatic carbocycles. The number of sulfonamides is 1. The number of amides is 1. The number of nitrogens with one attached hydrogen (secondary N) is 3. The first-order valence-corrected chi connectivity index (χ1v) is 14.5. The molecule has 1 fully saturated rings. The third-order valence-corrected chi connectivity index (χ3v) is 8.59. The van der Waals surface area contributed by atoms with Crippen LogP contribution in [0.4, 0.5) is 18.9 Å². The summed E-state index contributed by atoms with van der Waals surface area (Å²) >= 11 is 12.1. The fourth-order valence-electron chi connectivity index (χ4n) is 4.36. The predicted molar refractivity (Wildman–Crippen MR) is 151 cm³/mol. The van der Waals surface area contributed by atoms with Gasteiger partial charge in [-0.2, -0.15) is 13.2 Å².